The smallest absolute Gasteiger partial charge is 0.303 e. The van der Waals surface area contributed by atoms with Gasteiger partial charge in [0.25, 0.3) is 0 Å². The van der Waals surface area contributed by atoms with Gasteiger partial charge in [0, 0.05) is 46.7 Å². The number of esters is 4. The van der Waals surface area contributed by atoms with Crippen molar-refractivity contribution in [1.29, 1.82) is 0 Å². The molecule has 4 rings (SSSR count). The van der Waals surface area contributed by atoms with Crippen LogP contribution in [0.4, 0.5) is 0 Å². The molecule has 1 saturated heterocycles. The van der Waals surface area contributed by atoms with Crippen molar-refractivity contribution in [1.82, 2.24) is 9.78 Å². The lowest BCUT2D eigenvalue weighted by molar-refractivity contribution is -0.289. The molecular formula is C36H44N2O12. The molecule has 270 valence electrons. The third-order valence-corrected chi connectivity index (χ3v) is 7.59. The Bertz CT molecular complexity index is 1650. The fourth-order valence-electron chi connectivity index (χ4n) is 5.68. The van der Waals surface area contributed by atoms with Crippen LogP contribution in [0.15, 0.2) is 54.6 Å². The summed E-state index contributed by atoms with van der Waals surface area (Å²) in [5.41, 5.74) is 2.88. The molecule has 14 heteroatoms. The summed E-state index contributed by atoms with van der Waals surface area (Å²) in [4.78, 5) is 48.7. The maximum atomic E-state index is 12.4. The normalized spacial score (nSPS) is 20.9. The van der Waals surface area contributed by atoms with Crippen molar-refractivity contribution in [3.8, 4) is 11.6 Å². The van der Waals surface area contributed by atoms with Crippen molar-refractivity contribution >= 4 is 23.9 Å². The Morgan fingerprint density at radius 2 is 1.54 bits per heavy atom. The number of para-hydroxylation sites is 1. The molecule has 1 fully saturated rings. The minimum Gasteiger partial charge on any atom is -0.489 e. The van der Waals surface area contributed by atoms with Crippen molar-refractivity contribution in [2.45, 2.75) is 97.7 Å². The maximum Gasteiger partial charge on any atom is 0.303 e. The molecule has 2 unspecified atom stereocenters. The van der Waals surface area contributed by atoms with Gasteiger partial charge < -0.3 is 38.3 Å². The van der Waals surface area contributed by atoms with Gasteiger partial charge in [-0.25, -0.2) is 0 Å². The molecule has 6 atom stereocenters. The van der Waals surface area contributed by atoms with Crippen LogP contribution in [0.1, 0.15) is 71.2 Å². The van der Waals surface area contributed by atoms with E-state index in [2.05, 4.69) is 5.10 Å². The second-order valence-electron chi connectivity index (χ2n) is 11.8. The molecule has 0 radical (unpaired) electrons. The van der Waals surface area contributed by atoms with E-state index in [1.54, 1.807) is 4.68 Å². The van der Waals surface area contributed by atoms with Crippen LogP contribution in [0.2, 0.25) is 0 Å². The van der Waals surface area contributed by atoms with E-state index in [0.717, 1.165) is 31.9 Å². The number of aliphatic hydroxyl groups is 1. The Hall–Kier alpha value is -4.95. The summed E-state index contributed by atoms with van der Waals surface area (Å²) in [7, 11) is 0. The Morgan fingerprint density at radius 1 is 0.900 bits per heavy atom. The third-order valence-electron chi connectivity index (χ3n) is 7.59. The number of rotatable bonds is 15. The molecule has 1 N–H and O–H groups in total. The monoisotopic (exact) mass is 697 g/mol. The summed E-state index contributed by atoms with van der Waals surface area (Å²) in [6.07, 6.45) is -6.87. The van der Waals surface area contributed by atoms with Gasteiger partial charge in [-0.3, -0.25) is 23.9 Å². The molecule has 14 nitrogen and oxygen atoms in total. The molecule has 0 saturated carbocycles. The number of carbonyl (C=O) groups excluding carboxylic acids is 4. The Labute approximate surface area is 291 Å². The van der Waals surface area contributed by atoms with Gasteiger partial charge in [0.15, 0.2) is 12.2 Å². The summed E-state index contributed by atoms with van der Waals surface area (Å²) in [5, 5.41) is 14.6. The quantitative estimate of drug-likeness (QED) is 0.181. The molecule has 1 aliphatic rings. The van der Waals surface area contributed by atoms with Crippen molar-refractivity contribution in [2.75, 3.05) is 13.2 Å². The van der Waals surface area contributed by atoms with Crippen LogP contribution in [0.25, 0.3) is 0 Å². The van der Waals surface area contributed by atoms with Crippen molar-refractivity contribution in [2.24, 2.45) is 0 Å². The molecule has 1 aromatic heterocycles. The molecule has 0 bridgehead atoms. The summed E-state index contributed by atoms with van der Waals surface area (Å²) >= 11 is 0. The van der Waals surface area contributed by atoms with Gasteiger partial charge in [-0.2, -0.15) is 0 Å². The van der Waals surface area contributed by atoms with Gasteiger partial charge in [-0.1, -0.05) is 62.4 Å². The number of benzene rings is 2. The Morgan fingerprint density at radius 3 is 2.18 bits per heavy atom. The molecule has 0 spiro atoms. The van der Waals surface area contributed by atoms with Gasteiger partial charge in [-0.15, -0.1) is 5.10 Å². The lowest BCUT2D eigenvalue weighted by atomic mass is 9.97. The summed E-state index contributed by atoms with van der Waals surface area (Å²) in [6.45, 7) is 6.08. The van der Waals surface area contributed by atoms with Crippen LogP contribution in [0, 0.1) is 0 Å². The molecule has 1 aliphatic heterocycles. The van der Waals surface area contributed by atoms with Crippen LogP contribution in [-0.4, -0.2) is 82.7 Å². The highest BCUT2D eigenvalue weighted by atomic mass is 16.7. The van der Waals surface area contributed by atoms with Crippen LogP contribution < -0.4 is 9.47 Å². The zero-order valence-corrected chi connectivity index (χ0v) is 28.7. The number of hydrogen-bond acceptors (Lipinski definition) is 13. The first-order valence-electron chi connectivity index (χ1n) is 16.8. The van der Waals surface area contributed by atoms with E-state index >= 15 is 0 Å². The largest absolute Gasteiger partial charge is 0.489 e. The van der Waals surface area contributed by atoms with Gasteiger partial charge in [0.2, 0.25) is 18.3 Å². The van der Waals surface area contributed by atoms with Crippen LogP contribution in [0.3, 0.4) is 0 Å². The molecule has 2 heterocycles. The molecule has 2 aromatic carbocycles. The van der Waals surface area contributed by atoms with E-state index in [9.17, 15) is 24.3 Å². The van der Waals surface area contributed by atoms with Gasteiger partial charge in [-0.05, 0) is 23.1 Å². The lowest BCUT2D eigenvalue weighted by Crippen LogP contribution is -2.63. The Balaban J connectivity index is 1.81. The number of carbonyl (C=O) groups is 4. The van der Waals surface area contributed by atoms with Crippen LogP contribution >= 0.6 is 0 Å². The van der Waals surface area contributed by atoms with Gasteiger partial charge in [0.05, 0.1) is 13.2 Å². The van der Waals surface area contributed by atoms with E-state index < -0.39 is 61.2 Å². The predicted molar refractivity (Wildman–Crippen MR) is 176 cm³/mol. The SMILES string of the molecule is [2H]CC(C)c1c(Cc2ccccc2OCc2ccccc2)c(OC2O[C@H](COC(C)=O)[C@@H](OC(C)=O)[C@H](OC(C)=O)[C@H]2OC(C)=O)nn1CCO. The van der Waals surface area contributed by atoms with E-state index in [-0.39, 0.29) is 38.3 Å². The fourth-order valence-corrected chi connectivity index (χ4v) is 5.68. The van der Waals surface area contributed by atoms with Crippen molar-refractivity contribution in [3.05, 3.63) is 77.0 Å². The average molecular weight is 698 g/mol. The number of hydrogen-bond donors (Lipinski definition) is 1. The highest BCUT2D eigenvalue weighted by Crippen LogP contribution is 2.36. The first-order valence-corrected chi connectivity index (χ1v) is 16.1. The van der Waals surface area contributed by atoms with Crippen LogP contribution in [-0.2, 0) is 62.4 Å². The van der Waals surface area contributed by atoms with E-state index in [1.807, 2.05) is 61.5 Å². The first-order chi connectivity index (χ1) is 24.4. The fraction of sp³-hybridized carbons (Fsp3) is 0.472. The summed E-state index contributed by atoms with van der Waals surface area (Å²) in [6, 6.07) is 17.1. The van der Waals surface area contributed by atoms with Gasteiger partial charge in [0.1, 0.15) is 25.1 Å². The minimum absolute atomic E-state index is 0.0116. The van der Waals surface area contributed by atoms with E-state index in [4.69, 9.17) is 34.5 Å². The summed E-state index contributed by atoms with van der Waals surface area (Å²) < 4.78 is 50.4. The Kier molecular flexibility index (Phi) is 12.8. The highest BCUT2D eigenvalue weighted by molar-refractivity contribution is 5.68. The molecule has 0 aliphatic carbocycles. The topological polar surface area (TPSA) is 171 Å². The zero-order valence-electron chi connectivity index (χ0n) is 29.7. The lowest BCUT2D eigenvalue weighted by Gasteiger charge is -2.43. The molecule has 50 heavy (non-hydrogen) atoms. The number of ether oxygens (including phenoxy) is 7. The molecular weight excluding hydrogens is 652 g/mol. The number of aromatic nitrogens is 2. The van der Waals surface area contributed by atoms with E-state index in [1.165, 1.54) is 6.92 Å². The number of nitrogens with zero attached hydrogens (tertiary/aromatic N) is 2. The number of aliphatic hydroxyl groups excluding tert-OH is 1. The maximum absolute atomic E-state index is 12.4. The van der Waals surface area contributed by atoms with Crippen molar-refractivity contribution in [3.63, 3.8) is 0 Å². The zero-order chi connectivity index (χ0) is 37.1. The summed E-state index contributed by atoms with van der Waals surface area (Å²) in [5.74, 6) is -2.75. The second kappa shape index (κ2) is 17.6. The second-order valence-corrected chi connectivity index (χ2v) is 11.8. The molecule has 0 amide bonds. The van der Waals surface area contributed by atoms with Crippen LogP contribution in [0.5, 0.6) is 11.6 Å². The average Bonchev–Trinajstić information content (AvgIpc) is 3.41. The van der Waals surface area contributed by atoms with E-state index in [0.29, 0.717) is 23.6 Å². The standard InChI is InChI=1S/C36H44N2O12/c1-21(2)31-28(18-27-14-10-11-15-29(27)45-19-26-12-8-7-9-13-26)35(37-38(31)16-17-39)50-36-34(48-25(6)43)33(47-24(5)42)32(46-23(4)41)30(49-36)20-44-22(3)40/h7-15,21,30,32-34,36,39H,16-20H2,1-6H3/t30-,32-,33+,34-,36?/m1/s1/i1D/t21?,30-,32-,33+,34-,36?. The predicted octanol–water partition coefficient (Wildman–Crippen LogP) is 3.63. The first kappa shape index (κ1) is 36.3. The third kappa shape index (κ3) is 10.0. The molecule has 3 aromatic rings. The highest BCUT2D eigenvalue weighted by Gasteiger charge is 2.53. The minimum atomic E-state index is -1.54. The van der Waals surface area contributed by atoms with Crippen molar-refractivity contribution < 1.29 is 58.8 Å². The van der Waals surface area contributed by atoms with Gasteiger partial charge >= 0.3 is 23.9 Å².